The summed E-state index contributed by atoms with van der Waals surface area (Å²) in [5, 5.41) is 0. The maximum atomic E-state index is 11.8. The van der Waals surface area contributed by atoms with Crippen LogP contribution in [-0.2, 0) is 14.6 Å². The highest BCUT2D eigenvalue weighted by Gasteiger charge is 2.46. The number of rotatable bonds is 7. The van der Waals surface area contributed by atoms with Crippen molar-refractivity contribution in [3.63, 3.8) is 0 Å². The van der Waals surface area contributed by atoms with Gasteiger partial charge in [0.05, 0.1) is 18.1 Å². The Bertz CT molecular complexity index is 358. The van der Waals surface area contributed by atoms with Gasteiger partial charge >= 0.3 is 0 Å². The molecule has 1 aliphatic heterocycles. The normalized spacial score (nSPS) is 28.7. The number of nitrogens with two attached hydrogens (primary N) is 1. The maximum absolute atomic E-state index is 11.8. The van der Waals surface area contributed by atoms with Crippen LogP contribution >= 0.6 is 0 Å². The van der Waals surface area contributed by atoms with E-state index in [1.807, 2.05) is 0 Å². The lowest BCUT2D eigenvalue weighted by Crippen LogP contribution is -2.58. The van der Waals surface area contributed by atoms with Gasteiger partial charge in [0.2, 0.25) is 0 Å². The fourth-order valence-corrected chi connectivity index (χ4v) is 4.82. The molecule has 0 amide bonds. The van der Waals surface area contributed by atoms with E-state index in [0.29, 0.717) is 25.6 Å². The molecule has 6 heteroatoms. The number of nitrogens with zero attached hydrogens (tertiary/aromatic N) is 1. The summed E-state index contributed by atoms with van der Waals surface area (Å²) in [6.45, 7) is 5.96. The number of hydrogen-bond acceptors (Lipinski definition) is 5. The predicted octanol–water partition coefficient (Wildman–Crippen LogP) is 0.249. The molecular weight excluding hydrogens is 252 g/mol. The molecule has 2 unspecified atom stereocenters. The van der Waals surface area contributed by atoms with Gasteiger partial charge in [0.25, 0.3) is 0 Å². The summed E-state index contributed by atoms with van der Waals surface area (Å²) in [7, 11) is -1.28. The molecule has 0 bridgehead atoms. The van der Waals surface area contributed by atoms with Crippen LogP contribution in [0.3, 0.4) is 0 Å². The van der Waals surface area contributed by atoms with E-state index >= 15 is 0 Å². The molecule has 0 saturated carbocycles. The standard InChI is InChI=1S/C12H26N2O3S/c1-4-11(2)14(6-7-17-3)12(9-13)5-8-18(15,16)10-12/h11H,4-10,13H2,1-3H3. The molecule has 2 N–H and O–H groups in total. The first kappa shape index (κ1) is 15.9. The highest BCUT2D eigenvalue weighted by Crippen LogP contribution is 2.31. The van der Waals surface area contributed by atoms with E-state index < -0.39 is 15.4 Å². The molecule has 0 aliphatic carbocycles. The van der Waals surface area contributed by atoms with E-state index in [0.717, 1.165) is 13.0 Å². The van der Waals surface area contributed by atoms with Crippen LogP contribution in [0.4, 0.5) is 0 Å². The fourth-order valence-electron chi connectivity index (χ4n) is 2.74. The molecule has 108 valence electrons. The molecule has 2 atom stereocenters. The summed E-state index contributed by atoms with van der Waals surface area (Å²) >= 11 is 0. The van der Waals surface area contributed by atoms with Gasteiger partial charge in [0.1, 0.15) is 0 Å². The zero-order valence-corrected chi connectivity index (χ0v) is 12.5. The minimum atomic E-state index is -2.94. The van der Waals surface area contributed by atoms with Crippen LogP contribution in [0.2, 0.25) is 0 Å². The van der Waals surface area contributed by atoms with Gasteiger partial charge in [-0.15, -0.1) is 0 Å². The molecule has 1 rings (SSSR count). The molecule has 18 heavy (non-hydrogen) atoms. The van der Waals surface area contributed by atoms with Gasteiger partial charge in [-0.1, -0.05) is 6.92 Å². The minimum Gasteiger partial charge on any atom is -0.383 e. The highest BCUT2D eigenvalue weighted by atomic mass is 32.2. The van der Waals surface area contributed by atoms with E-state index in [9.17, 15) is 8.42 Å². The zero-order chi connectivity index (χ0) is 13.8. The van der Waals surface area contributed by atoms with Gasteiger partial charge in [-0.05, 0) is 19.8 Å². The highest BCUT2D eigenvalue weighted by molar-refractivity contribution is 7.91. The molecule has 1 heterocycles. The first-order valence-corrected chi connectivity index (χ1v) is 8.39. The Morgan fingerprint density at radius 3 is 2.56 bits per heavy atom. The second kappa shape index (κ2) is 6.32. The second-order valence-electron chi connectivity index (χ2n) is 5.21. The van der Waals surface area contributed by atoms with Gasteiger partial charge < -0.3 is 10.5 Å². The van der Waals surface area contributed by atoms with Gasteiger partial charge in [0.15, 0.2) is 9.84 Å². The smallest absolute Gasteiger partial charge is 0.152 e. The summed E-state index contributed by atoms with van der Waals surface area (Å²) in [6, 6.07) is 0.317. The monoisotopic (exact) mass is 278 g/mol. The molecule has 0 radical (unpaired) electrons. The Balaban J connectivity index is 2.93. The summed E-state index contributed by atoms with van der Waals surface area (Å²) in [6.07, 6.45) is 1.62. The molecular formula is C12H26N2O3S. The summed E-state index contributed by atoms with van der Waals surface area (Å²) < 4.78 is 28.7. The first-order valence-electron chi connectivity index (χ1n) is 6.57. The predicted molar refractivity (Wildman–Crippen MR) is 73.4 cm³/mol. The minimum absolute atomic E-state index is 0.185. The van der Waals surface area contributed by atoms with Crippen molar-refractivity contribution in [3.8, 4) is 0 Å². The number of ether oxygens (including phenoxy) is 1. The molecule has 0 spiro atoms. The van der Waals surface area contributed by atoms with E-state index in [-0.39, 0.29) is 11.5 Å². The van der Waals surface area contributed by atoms with Crippen molar-refractivity contribution in [2.45, 2.75) is 38.3 Å². The molecule has 1 saturated heterocycles. The SMILES string of the molecule is CCC(C)N(CCOC)C1(CN)CCS(=O)(=O)C1. The van der Waals surface area contributed by atoms with Gasteiger partial charge in [-0.25, -0.2) is 8.42 Å². The van der Waals surface area contributed by atoms with Crippen LogP contribution in [0.5, 0.6) is 0 Å². The van der Waals surface area contributed by atoms with Crippen molar-refractivity contribution in [1.82, 2.24) is 4.90 Å². The quantitative estimate of drug-likeness (QED) is 0.722. The molecule has 0 aromatic rings. The van der Waals surface area contributed by atoms with Crippen LogP contribution in [0.15, 0.2) is 0 Å². The zero-order valence-electron chi connectivity index (χ0n) is 11.7. The molecule has 0 aromatic heterocycles. The number of hydrogen-bond donors (Lipinski definition) is 1. The lowest BCUT2D eigenvalue weighted by atomic mass is 9.94. The van der Waals surface area contributed by atoms with Crippen LogP contribution < -0.4 is 5.73 Å². The molecule has 0 aromatic carbocycles. The summed E-state index contributed by atoms with van der Waals surface area (Å²) in [4.78, 5) is 2.24. The van der Waals surface area contributed by atoms with Crippen LogP contribution in [0.25, 0.3) is 0 Å². The third-order valence-electron chi connectivity index (χ3n) is 4.02. The van der Waals surface area contributed by atoms with Gasteiger partial charge in [-0.3, -0.25) is 4.90 Å². The average molecular weight is 278 g/mol. The third-order valence-corrected chi connectivity index (χ3v) is 5.82. The second-order valence-corrected chi connectivity index (χ2v) is 7.40. The largest absolute Gasteiger partial charge is 0.383 e. The fraction of sp³-hybridized carbons (Fsp3) is 1.00. The Labute approximate surface area is 111 Å². The molecule has 1 aliphatic rings. The first-order chi connectivity index (χ1) is 8.40. The van der Waals surface area contributed by atoms with Crippen LogP contribution in [-0.4, -0.2) is 63.2 Å². The Hall–Kier alpha value is -0.170. The Morgan fingerprint density at radius 1 is 1.50 bits per heavy atom. The van der Waals surface area contributed by atoms with Crippen molar-refractivity contribution < 1.29 is 13.2 Å². The van der Waals surface area contributed by atoms with E-state index in [1.165, 1.54) is 0 Å². The van der Waals surface area contributed by atoms with Crippen molar-refractivity contribution in [3.05, 3.63) is 0 Å². The van der Waals surface area contributed by atoms with Gasteiger partial charge in [-0.2, -0.15) is 0 Å². The van der Waals surface area contributed by atoms with Crippen LogP contribution in [0.1, 0.15) is 26.7 Å². The number of methoxy groups -OCH3 is 1. The van der Waals surface area contributed by atoms with Crippen molar-refractivity contribution in [2.24, 2.45) is 5.73 Å². The van der Waals surface area contributed by atoms with Crippen LogP contribution in [0, 0.1) is 0 Å². The van der Waals surface area contributed by atoms with Crippen molar-refractivity contribution in [2.75, 3.05) is 38.3 Å². The number of sulfone groups is 1. The Morgan fingerprint density at radius 2 is 2.17 bits per heavy atom. The van der Waals surface area contributed by atoms with Gasteiger partial charge in [0, 0.05) is 31.8 Å². The van der Waals surface area contributed by atoms with Crippen molar-refractivity contribution >= 4 is 9.84 Å². The Kier molecular flexibility index (Phi) is 5.58. The molecule has 1 fully saturated rings. The molecule has 5 nitrogen and oxygen atoms in total. The summed E-state index contributed by atoms with van der Waals surface area (Å²) in [5.74, 6) is 0.439. The average Bonchev–Trinajstić information content (AvgIpc) is 2.66. The summed E-state index contributed by atoms with van der Waals surface area (Å²) in [5.41, 5.74) is 5.51. The van der Waals surface area contributed by atoms with E-state index in [4.69, 9.17) is 10.5 Å². The topological polar surface area (TPSA) is 72.6 Å². The van der Waals surface area contributed by atoms with E-state index in [1.54, 1.807) is 7.11 Å². The van der Waals surface area contributed by atoms with E-state index in [2.05, 4.69) is 18.7 Å². The maximum Gasteiger partial charge on any atom is 0.152 e. The lowest BCUT2D eigenvalue weighted by Gasteiger charge is -2.43. The lowest BCUT2D eigenvalue weighted by molar-refractivity contribution is 0.0416. The third kappa shape index (κ3) is 3.44. The van der Waals surface area contributed by atoms with Crippen molar-refractivity contribution in [1.29, 1.82) is 0 Å².